The van der Waals surface area contributed by atoms with Crippen LogP contribution in [0.4, 0.5) is 5.69 Å². The van der Waals surface area contributed by atoms with Crippen LogP contribution in [0.5, 0.6) is 11.5 Å². The molecule has 0 bridgehead atoms. The molecule has 0 unspecified atom stereocenters. The minimum absolute atomic E-state index is 0.262. The van der Waals surface area contributed by atoms with Crippen molar-refractivity contribution < 1.29 is 9.47 Å². The highest BCUT2D eigenvalue weighted by atomic mass is 16.5. The lowest BCUT2D eigenvalue weighted by atomic mass is 10.0. The number of aryl methyl sites for hydroxylation is 2. The molecular formula is C18H19N3O3. The second kappa shape index (κ2) is 5.88. The van der Waals surface area contributed by atoms with Crippen molar-refractivity contribution in [3.8, 4) is 22.9 Å². The smallest absolute Gasteiger partial charge is 0.262 e. The van der Waals surface area contributed by atoms with E-state index in [9.17, 15) is 4.79 Å². The molecular weight excluding hydrogens is 306 g/mol. The first-order chi connectivity index (χ1) is 11.4. The number of benzene rings is 2. The van der Waals surface area contributed by atoms with E-state index in [2.05, 4.69) is 9.97 Å². The van der Waals surface area contributed by atoms with Crippen molar-refractivity contribution in [2.24, 2.45) is 0 Å². The first-order valence-corrected chi connectivity index (χ1v) is 7.47. The van der Waals surface area contributed by atoms with E-state index in [1.807, 2.05) is 26.0 Å². The number of nitrogens with zero attached hydrogens (tertiary/aromatic N) is 1. The molecule has 3 aromatic rings. The molecule has 6 heteroatoms. The van der Waals surface area contributed by atoms with E-state index in [1.54, 1.807) is 19.2 Å². The number of fused-ring (bicyclic) bond motifs is 1. The van der Waals surface area contributed by atoms with Gasteiger partial charge in [-0.25, -0.2) is 4.98 Å². The van der Waals surface area contributed by atoms with Crippen molar-refractivity contribution in [1.82, 2.24) is 9.97 Å². The van der Waals surface area contributed by atoms with Gasteiger partial charge in [0.15, 0.2) is 0 Å². The van der Waals surface area contributed by atoms with E-state index >= 15 is 0 Å². The number of aromatic amines is 1. The number of methoxy groups -OCH3 is 2. The normalized spacial score (nSPS) is 10.8. The number of nitrogens with two attached hydrogens (primary N) is 1. The number of hydrogen-bond donors (Lipinski definition) is 2. The van der Waals surface area contributed by atoms with Gasteiger partial charge >= 0.3 is 0 Å². The Morgan fingerprint density at radius 1 is 1.04 bits per heavy atom. The topological polar surface area (TPSA) is 90.2 Å². The monoisotopic (exact) mass is 325 g/mol. The maximum Gasteiger partial charge on any atom is 0.262 e. The zero-order chi connectivity index (χ0) is 17.4. The van der Waals surface area contributed by atoms with E-state index in [-0.39, 0.29) is 5.56 Å². The summed E-state index contributed by atoms with van der Waals surface area (Å²) in [5.41, 5.74) is 9.68. The Balaban J connectivity index is 2.30. The van der Waals surface area contributed by atoms with Gasteiger partial charge < -0.3 is 20.2 Å². The number of nitrogen functional groups attached to an aromatic ring is 1. The summed E-state index contributed by atoms with van der Waals surface area (Å²) >= 11 is 0. The molecule has 0 radical (unpaired) electrons. The van der Waals surface area contributed by atoms with Gasteiger partial charge in [0.05, 0.1) is 19.7 Å². The molecule has 0 saturated carbocycles. The van der Waals surface area contributed by atoms with Crippen LogP contribution in [-0.4, -0.2) is 24.2 Å². The third-order valence-corrected chi connectivity index (χ3v) is 4.07. The second-order valence-electron chi connectivity index (χ2n) is 5.66. The Kier molecular flexibility index (Phi) is 3.89. The fraction of sp³-hybridized carbons (Fsp3) is 0.222. The van der Waals surface area contributed by atoms with Gasteiger partial charge in [-0.15, -0.1) is 0 Å². The minimum atomic E-state index is -0.262. The summed E-state index contributed by atoms with van der Waals surface area (Å²) in [5, 5.41) is 0.394. The Morgan fingerprint density at radius 3 is 2.29 bits per heavy atom. The molecule has 6 nitrogen and oxygen atoms in total. The molecule has 0 aliphatic carbocycles. The van der Waals surface area contributed by atoms with Crippen molar-refractivity contribution in [2.75, 3.05) is 20.0 Å². The zero-order valence-electron chi connectivity index (χ0n) is 14.1. The van der Waals surface area contributed by atoms with E-state index in [0.29, 0.717) is 28.2 Å². The lowest BCUT2D eigenvalue weighted by Gasteiger charge is -2.11. The molecule has 3 rings (SSSR count). The number of H-pyrrole nitrogens is 1. The van der Waals surface area contributed by atoms with Gasteiger partial charge in [-0.05, 0) is 37.1 Å². The van der Waals surface area contributed by atoms with Gasteiger partial charge in [0, 0.05) is 23.4 Å². The van der Waals surface area contributed by atoms with Crippen molar-refractivity contribution >= 4 is 16.6 Å². The lowest BCUT2D eigenvalue weighted by molar-refractivity contribution is 0.397. The van der Waals surface area contributed by atoms with Crippen LogP contribution in [-0.2, 0) is 0 Å². The van der Waals surface area contributed by atoms with E-state index in [0.717, 1.165) is 22.4 Å². The van der Waals surface area contributed by atoms with Crippen LogP contribution in [0, 0.1) is 13.8 Å². The molecule has 0 aliphatic rings. The van der Waals surface area contributed by atoms with Gasteiger partial charge in [0.2, 0.25) is 0 Å². The van der Waals surface area contributed by atoms with Crippen LogP contribution in [0.15, 0.2) is 29.1 Å². The summed E-state index contributed by atoms with van der Waals surface area (Å²) in [5.74, 6) is 1.48. The van der Waals surface area contributed by atoms with E-state index < -0.39 is 0 Å². The predicted molar refractivity (Wildman–Crippen MR) is 94.8 cm³/mol. The maximum atomic E-state index is 12.5. The molecule has 1 aromatic heterocycles. The summed E-state index contributed by atoms with van der Waals surface area (Å²) in [7, 11) is 3.07. The van der Waals surface area contributed by atoms with Crippen LogP contribution in [0.1, 0.15) is 11.1 Å². The molecule has 24 heavy (non-hydrogen) atoms. The van der Waals surface area contributed by atoms with Gasteiger partial charge in [-0.1, -0.05) is 0 Å². The van der Waals surface area contributed by atoms with Gasteiger partial charge in [-0.3, -0.25) is 4.79 Å². The highest BCUT2D eigenvalue weighted by Crippen LogP contribution is 2.30. The van der Waals surface area contributed by atoms with Crippen LogP contribution < -0.4 is 20.8 Å². The summed E-state index contributed by atoms with van der Waals surface area (Å²) in [6.07, 6.45) is 0. The molecule has 124 valence electrons. The van der Waals surface area contributed by atoms with Gasteiger partial charge in [0.25, 0.3) is 5.56 Å². The van der Waals surface area contributed by atoms with Crippen molar-refractivity contribution in [3.05, 3.63) is 45.7 Å². The molecule has 3 N–H and O–H groups in total. The predicted octanol–water partition coefficient (Wildman–Crippen LogP) is 2.81. The van der Waals surface area contributed by atoms with Gasteiger partial charge in [-0.2, -0.15) is 0 Å². The van der Waals surface area contributed by atoms with Crippen molar-refractivity contribution in [2.45, 2.75) is 13.8 Å². The van der Waals surface area contributed by atoms with Crippen molar-refractivity contribution in [3.63, 3.8) is 0 Å². The number of rotatable bonds is 3. The first-order valence-electron chi connectivity index (χ1n) is 7.47. The number of ether oxygens (including phenoxy) is 2. The molecule has 1 heterocycles. The van der Waals surface area contributed by atoms with Crippen molar-refractivity contribution in [1.29, 1.82) is 0 Å². The number of hydrogen-bond acceptors (Lipinski definition) is 5. The van der Waals surface area contributed by atoms with Crippen LogP contribution >= 0.6 is 0 Å². The average Bonchev–Trinajstić information content (AvgIpc) is 2.57. The molecule has 0 amide bonds. The minimum Gasteiger partial charge on any atom is -0.497 e. The number of aromatic nitrogens is 2. The van der Waals surface area contributed by atoms with Crippen LogP contribution in [0.3, 0.4) is 0 Å². The highest BCUT2D eigenvalue weighted by Gasteiger charge is 2.14. The summed E-state index contributed by atoms with van der Waals surface area (Å²) in [6, 6.07) is 7.19. The van der Waals surface area contributed by atoms with Crippen LogP contribution in [0.25, 0.3) is 22.3 Å². The lowest BCUT2D eigenvalue weighted by Crippen LogP contribution is -2.11. The standard InChI is InChI=1S/C18H19N3O3/c1-9-5-11(6-10(2)16(9)19)17-20-13-7-12(23-3)8-14(24-4)15(13)18(22)21-17/h5-8H,19H2,1-4H3,(H,20,21,22). The largest absolute Gasteiger partial charge is 0.497 e. The van der Waals surface area contributed by atoms with Crippen LogP contribution in [0.2, 0.25) is 0 Å². The van der Waals surface area contributed by atoms with Gasteiger partial charge in [0.1, 0.15) is 22.7 Å². The average molecular weight is 325 g/mol. The SMILES string of the molecule is COc1cc(OC)c2c(=O)[nH]c(-c3cc(C)c(N)c(C)c3)nc2c1. The molecule has 2 aromatic carbocycles. The zero-order valence-corrected chi connectivity index (χ0v) is 14.1. The fourth-order valence-electron chi connectivity index (χ4n) is 2.74. The Labute approximate surface area is 139 Å². The summed E-state index contributed by atoms with van der Waals surface area (Å²) in [6.45, 7) is 3.86. The Morgan fingerprint density at radius 2 is 1.71 bits per heavy atom. The maximum absolute atomic E-state index is 12.5. The fourth-order valence-corrected chi connectivity index (χ4v) is 2.74. The summed E-state index contributed by atoms with van der Waals surface area (Å²) < 4.78 is 10.5. The van der Waals surface area contributed by atoms with E-state index in [1.165, 1.54) is 7.11 Å². The quantitative estimate of drug-likeness (QED) is 0.723. The Bertz CT molecular complexity index is 970. The molecule has 0 aliphatic heterocycles. The third-order valence-electron chi connectivity index (χ3n) is 4.07. The summed E-state index contributed by atoms with van der Waals surface area (Å²) in [4.78, 5) is 20.0. The molecule has 0 spiro atoms. The molecule has 0 atom stereocenters. The number of nitrogens with one attached hydrogen (secondary N) is 1. The molecule has 0 saturated heterocycles. The van der Waals surface area contributed by atoms with E-state index in [4.69, 9.17) is 15.2 Å². The third kappa shape index (κ3) is 2.56. The first kappa shape index (κ1) is 15.9. The second-order valence-corrected chi connectivity index (χ2v) is 5.66. The Hall–Kier alpha value is -3.02. The number of anilines is 1. The highest BCUT2D eigenvalue weighted by molar-refractivity contribution is 5.87. The molecule has 0 fully saturated rings.